The lowest BCUT2D eigenvalue weighted by molar-refractivity contribution is -0.118. The van der Waals surface area contributed by atoms with E-state index in [0.29, 0.717) is 0 Å². The van der Waals surface area contributed by atoms with E-state index in [0.717, 1.165) is 12.1 Å². The van der Waals surface area contributed by atoms with Crippen LogP contribution >= 0.6 is 0 Å². The topological polar surface area (TPSA) is 116 Å². The molecule has 1 saturated heterocycles. The van der Waals surface area contributed by atoms with Crippen LogP contribution in [-0.4, -0.2) is 49.9 Å². The molecule has 1 aliphatic rings. The number of carbonyl (C=O) groups excluding carboxylic acids is 1. The summed E-state index contributed by atoms with van der Waals surface area (Å²) < 4.78 is 27.5. The van der Waals surface area contributed by atoms with Gasteiger partial charge in [-0.1, -0.05) is 0 Å². The third-order valence-electron chi connectivity index (χ3n) is 2.60. The lowest BCUT2D eigenvalue weighted by atomic mass is 10.2. The summed E-state index contributed by atoms with van der Waals surface area (Å²) in [5.74, 6) is -1.55. The first kappa shape index (κ1) is 14.0. The van der Waals surface area contributed by atoms with Crippen LogP contribution in [-0.2, 0) is 14.8 Å². The molecule has 0 spiro atoms. The molecule has 0 bridgehead atoms. The number of hydrogen-bond acceptors (Lipinski definition) is 4. The van der Waals surface area contributed by atoms with Crippen LogP contribution in [0.3, 0.4) is 0 Å². The second kappa shape index (κ2) is 4.93. The van der Waals surface area contributed by atoms with Crippen molar-refractivity contribution in [1.29, 1.82) is 0 Å². The summed E-state index contributed by atoms with van der Waals surface area (Å²) in [5, 5.41) is 11.1. The molecule has 0 unspecified atom stereocenters. The molecule has 2 N–H and O–H groups in total. The number of carboxylic acids is 1. The lowest BCUT2D eigenvalue weighted by Crippen LogP contribution is -2.28. The first-order valence-corrected chi connectivity index (χ1v) is 6.93. The summed E-state index contributed by atoms with van der Waals surface area (Å²) in [6.45, 7) is 0.0340. The fourth-order valence-electron chi connectivity index (χ4n) is 1.58. The number of nitrogens with one attached hydrogen (secondary N) is 1. The van der Waals surface area contributed by atoms with Gasteiger partial charge in [0.05, 0.1) is 17.0 Å². The Balaban J connectivity index is 2.33. The van der Waals surface area contributed by atoms with Crippen LogP contribution in [0.1, 0.15) is 10.4 Å². The molecule has 2 rings (SSSR count). The number of rotatable bonds is 3. The van der Waals surface area contributed by atoms with Crippen molar-refractivity contribution in [2.75, 3.05) is 13.6 Å². The Kier molecular flexibility index (Phi) is 3.45. The first-order chi connectivity index (χ1) is 9.29. The number of sulfonamides is 1. The summed E-state index contributed by atoms with van der Waals surface area (Å²) >= 11 is 0. The highest BCUT2D eigenvalue weighted by Gasteiger charge is 2.25. The van der Waals surface area contributed by atoms with E-state index in [-0.39, 0.29) is 28.9 Å². The van der Waals surface area contributed by atoms with E-state index in [9.17, 15) is 18.0 Å². The predicted molar refractivity (Wildman–Crippen MR) is 68.8 cm³/mol. The zero-order valence-corrected chi connectivity index (χ0v) is 11.2. The molecular weight excluding hydrogens is 286 g/mol. The van der Waals surface area contributed by atoms with Gasteiger partial charge in [-0.3, -0.25) is 10.1 Å². The van der Waals surface area contributed by atoms with Gasteiger partial charge in [0.15, 0.2) is 0 Å². The quantitative estimate of drug-likeness (QED) is 0.776. The summed E-state index contributed by atoms with van der Waals surface area (Å²) in [5.41, 5.74) is -0.0251. The van der Waals surface area contributed by atoms with E-state index in [2.05, 4.69) is 9.71 Å². The molecule has 106 valence electrons. The molecule has 0 aliphatic carbocycles. The number of likely N-dealkylation sites (N-methyl/N-ethyl adjacent to an activating group) is 1. The smallest absolute Gasteiger partial charge is 0.335 e. The molecule has 1 heterocycles. The molecular formula is C11H11N3O5S. The van der Waals surface area contributed by atoms with Crippen molar-refractivity contribution in [1.82, 2.24) is 10.2 Å². The van der Waals surface area contributed by atoms with Crippen molar-refractivity contribution in [2.24, 2.45) is 4.40 Å². The molecule has 1 aromatic rings. The largest absolute Gasteiger partial charge is 0.478 e. The fourth-order valence-corrected chi connectivity index (χ4v) is 2.58. The normalized spacial score (nSPS) is 17.4. The first-order valence-electron chi connectivity index (χ1n) is 5.49. The average molecular weight is 297 g/mol. The maximum atomic E-state index is 12.0. The van der Waals surface area contributed by atoms with E-state index < -0.39 is 16.0 Å². The highest BCUT2D eigenvalue weighted by molar-refractivity contribution is 7.90. The SMILES string of the molecule is CN1CC(=O)N/C1=N\S(=O)(=O)c1ccc(C(=O)O)cc1. The van der Waals surface area contributed by atoms with E-state index in [1.165, 1.54) is 24.1 Å². The summed E-state index contributed by atoms with van der Waals surface area (Å²) in [4.78, 5) is 23.0. The van der Waals surface area contributed by atoms with Crippen LogP contribution in [0.4, 0.5) is 0 Å². The molecule has 0 atom stereocenters. The Bertz CT molecular complexity index is 693. The van der Waals surface area contributed by atoms with Crippen molar-refractivity contribution in [2.45, 2.75) is 4.90 Å². The molecule has 1 fully saturated rings. The Hall–Kier alpha value is -2.42. The highest BCUT2D eigenvalue weighted by atomic mass is 32.2. The van der Waals surface area contributed by atoms with Gasteiger partial charge < -0.3 is 10.0 Å². The molecule has 8 nitrogen and oxygen atoms in total. The van der Waals surface area contributed by atoms with Crippen molar-refractivity contribution in [3.05, 3.63) is 29.8 Å². The minimum Gasteiger partial charge on any atom is -0.478 e. The van der Waals surface area contributed by atoms with E-state index in [1.54, 1.807) is 0 Å². The third-order valence-corrected chi connectivity index (χ3v) is 3.88. The van der Waals surface area contributed by atoms with Crippen LogP contribution in [0.5, 0.6) is 0 Å². The minimum atomic E-state index is -4.00. The van der Waals surface area contributed by atoms with Crippen molar-refractivity contribution in [3.63, 3.8) is 0 Å². The van der Waals surface area contributed by atoms with Gasteiger partial charge in [0, 0.05) is 7.05 Å². The third kappa shape index (κ3) is 2.77. The minimum absolute atomic E-state index is 0.0251. The van der Waals surface area contributed by atoms with Gasteiger partial charge in [-0.2, -0.15) is 8.42 Å². The van der Waals surface area contributed by atoms with E-state index in [1.807, 2.05) is 0 Å². The van der Waals surface area contributed by atoms with Crippen LogP contribution in [0.25, 0.3) is 0 Å². The molecule has 1 aromatic carbocycles. The van der Waals surface area contributed by atoms with Gasteiger partial charge in [-0.05, 0) is 24.3 Å². The summed E-state index contributed by atoms with van der Waals surface area (Å²) in [7, 11) is -2.48. The number of hydrogen-bond donors (Lipinski definition) is 2. The average Bonchev–Trinajstić information content (AvgIpc) is 2.67. The van der Waals surface area contributed by atoms with Crippen LogP contribution in [0, 0.1) is 0 Å². The molecule has 0 aromatic heterocycles. The molecule has 0 saturated carbocycles. The Labute approximate surface area is 114 Å². The zero-order chi connectivity index (χ0) is 14.9. The standard InChI is InChI=1S/C11H11N3O5S/c1-14-6-9(15)12-11(14)13-20(18,19)8-4-2-7(3-5-8)10(16)17/h2-5H,6H2,1H3,(H,16,17)(H,12,13,15). The molecule has 1 aliphatic heterocycles. The highest BCUT2D eigenvalue weighted by Crippen LogP contribution is 2.14. The van der Waals surface area contributed by atoms with Gasteiger partial charge in [-0.15, -0.1) is 4.40 Å². The Morgan fingerprint density at radius 2 is 1.95 bits per heavy atom. The zero-order valence-electron chi connectivity index (χ0n) is 10.4. The van der Waals surface area contributed by atoms with Crippen LogP contribution in [0.15, 0.2) is 33.6 Å². The van der Waals surface area contributed by atoms with Crippen molar-refractivity contribution in [3.8, 4) is 0 Å². The second-order valence-corrected chi connectivity index (χ2v) is 5.73. The van der Waals surface area contributed by atoms with Gasteiger partial charge in [-0.25, -0.2) is 4.79 Å². The molecule has 20 heavy (non-hydrogen) atoms. The van der Waals surface area contributed by atoms with Crippen LogP contribution < -0.4 is 5.32 Å². The number of carboxylic acid groups (broad SMARTS) is 1. The lowest BCUT2D eigenvalue weighted by Gasteiger charge is -2.08. The van der Waals surface area contributed by atoms with Crippen molar-refractivity contribution >= 4 is 27.9 Å². The number of guanidine groups is 1. The van der Waals surface area contributed by atoms with E-state index >= 15 is 0 Å². The summed E-state index contributed by atoms with van der Waals surface area (Å²) in [6, 6.07) is 4.65. The molecule has 1 amide bonds. The monoisotopic (exact) mass is 297 g/mol. The predicted octanol–water partition coefficient (Wildman–Crippen LogP) is -0.509. The van der Waals surface area contributed by atoms with Crippen molar-refractivity contribution < 1.29 is 23.1 Å². The van der Waals surface area contributed by atoms with Gasteiger partial charge in [0.25, 0.3) is 10.0 Å². The number of carbonyl (C=O) groups is 2. The van der Waals surface area contributed by atoms with Gasteiger partial charge >= 0.3 is 5.97 Å². The maximum Gasteiger partial charge on any atom is 0.335 e. The Morgan fingerprint density at radius 1 is 1.35 bits per heavy atom. The maximum absolute atomic E-state index is 12.0. The second-order valence-electron chi connectivity index (χ2n) is 4.12. The molecule has 9 heteroatoms. The molecule has 0 radical (unpaired) electrons. The summed E-state index contributed by atoms with van der Waals surface area (Å²) in [6.07, 6.45) is 0. The van der Waals surface area contributed by atoms with Gasteiger partial charge in [0.2, 0.25) is 11.9 Å². The van der Waals surface area contributed by atoms with Crippen LogP contribution in [0.2, 0.25) is 0 Å². The number of benzene rings is 1. The number of nitrogens with zero attached hydrogens (tertiary/aromatic N) is 2. The number of amides is 1. The van der Waals surface area contributed by atoms with Gasteiger partial charge in [0.1, 0.15) is 0 Å². The fraction of sp³-hybridized carbons (Fsp3) is 0.182. The van der Waals surface area contributed by atoms with E-state index in [4.69, 9.17) is 5.11 Å². The Morgan fingerprint density at radius 3 is 2.40 bits per heavy atom. The number of aromatic carboxylic acids is 1.